The van der Waals surface area contributed by atoms with E-state index in [0.717, 1.165) is 22.6 Å². The third-order valence-electron chi connectivity index (χ3n) is 3.92. The molecule has 2 rings (SSSR count). The molecule has 1 fully saturated rings. The number of hydrogen-bond donors (Lipinski definition) is 1. The van der Waals surface area contributed by atoms with Crippen molar-refractivity contribution < 1.29 is 0 Å². The average molecular weight is 346 g/mol. The fourth-order valence-electron chi connectivity index (χ4n) is 2.95. The molecule has 19 heavy (non-hydrogen) atoms. The van der Waals surface area contributed by atoms with Gasteiger partial charge in [0, 0.05) is 23.6 Å². The maximum atomic E-state index is 6.07. The van der Waals surface area contributed by atoms with Crippen LogP contribution >= 0.6 is 27.5 Å². The molecule has 1 aromatic rings. The van der Waals surface area contributed by atoms with E-state index in [1.54, 1.807) is 0 Å². The van der Waals surface area contributed by atoms with Crippen LogP contribution in [0.4, 0.5) is 0 Å². The van der Waals surface area contributed by atoms with Gasteiger partial charge in [-0.05, 0) is 58.4 Å². The first kappa shape index (κ1) is 15.3. The Hall–Kier alpha value is -0.0900. The van der Waals surface area contributed by atoms with Crippen LogP contribution in [0, 0.1) is 5.41 Å². The van der Waals surface area contributed by atoms with Crippen LogP contribution in [0.15, 0.2) is 22.7 Å². The fraction of sp³-hybridized carbons (Fsp3) is 0.600. The van der Waals surface area contributed by atoms with Gasteiger partial charge in [0.15, 0.2) is 0 Å². The third kappa shape index (κ3) is 3.72. The molecule has 1 saturated heterocycles. The summed E-state index contributed by atoms with van der Waals surface area (Å²) in [5, 5.41) is 0.749. The van der Waals surface area contributed by atoms with Gasteiger partial charge in [0.2, 0.25) is 0 Å². The molecular weight excluding hydrogens is 324 g/mol. The molecule has 0 radical (unpaired) electrons. The number of benzene rings is 1. The molecule has 0 saturated carbocycles. The molecule has 0 bridgehead atoms. The Labute approximate surface area is 129 Å². The quantitative estimate of drug-likeness (QED) is 0.888. The van der Waals surface area contributed by atoms with Crippen molar-refractivity contribution in [3.8, 4) is 0 Å². The van der Waals surface area contributed by atoms with Crippen LogP contribution in [0.3, 0.4) is 0 Å². The highest BCUT2D eigenvalue weighted by Crippen LogP contribution is 2.34. The summed E-state index contributed by atoms with van der Waals surface area (Å²) in [7, 11) is 0. The van der Waals surface area contributed by atoms with Crippen molar-refractivity contribution in [1.29, 1.82) is 0 Å². The van der Waals surface area contributed by atoms with E-state index in [9.17, 15) is 0 Å². The monoisotopic (exact) mass is 344 g/mol. The fourth-order valence-corrected chi connectivity index (χ4v) is 3.46. The zero-order chi connectivity index (χ0) is 14.0. The highest BCUT2D eigenvalue weighted by Gasteiger charge is 2.30. The molecule has 1 aromatic carbocycles. The first-order valence-corrected chi connectivity index (χ1v) is 7.99. The summed E-state index contributed by atoms with van der Waals surface area (Å²) in [5.74, 6) is 0. The summed E-state index contributed by atoms with van der Waals surface area (Å²) >= 11 is 9.57. The molecule has 0 amide bonds. The molecular formula is C15H22BrClN2. The van der Waals surface area contributed by atoms with Crippen molar-refractivity contribution in [2.24, 2.45) is 11.1 Å². The van der Waals surface area contributed by atoms with Crippen LogP contribution in [-0.4, -0.2) is 24.5 Å². The number of nitrogens with zero attached hydrogens (tertiary/aromatic N) is 1. The van der Waals surface area contributed by atoms with Gasteiger partial charge in [0.05, 0.1) is 5.02 Å². The smallest absolute Gasteiger partial charge is 0.0548 e. The van der Waals surface area contributed by atoms with Gasteiger partial charge in [-0.3, -0.25) is 4.90 Å². The Morgan fingerprint density at radius 1 is 1.47 bits per heavy atom. The van der Waals surface area contributed by atoms with E-state index in [1.807, 2.05) is 6.07 Å². The van der Waals surface area contributed by atoms with Gasteiger partial charge in [0.25, 0.3) is 0 Å². The van der Waals surface area contributed by atoms with Gasteiger partial charge in [-0.15, -0.1) is 0 Å². The van der Waals surface area contributed by atoms with Crippen molar-refractivity contribution >= 4 is 27.5 Å². The van der Waals surface area contributed by atoms with Gasteiger partial charge in [0.1, 0.15) is 0 Å². The van der Waals surface area contributed by atoms with Gasteiger partial charge in [-0.25, -0.2) is 0 Å². The lowest BCUT2D eigenvalue weighted by atomic mass is 9.83. The molecule has 1 aliphatic rings. The number of nitrogens with two attached hydrogens (primary N) is 1. The normalized spacial score (nSPS) is 21.3. The minimum absolute atomic E-state index is 0.285. The SMILES string of the molecule is CC1(C)CCCN(C(CN)c2ccc(Cl)c(Br)c2)C1. The Balaban J connectivity index is 2.21. The summed E-state index contributed by atoms with van der Waals surface area (Å²) in [6.07, 6.45) is 2.55. The number of hydrogen-bond acceptors (Lipinski definition) is 2. The van der Waals surface area contributed by atoms with E-state index in [-0.39, 0.29) is 6.04 Å². The van der Waals surface area contributed by atoms with Gasteiger partial charge < -0.3 is 5.73 Å². The molecule has 1 aliphatic heterocycles. The topological polar surface area (TPSA) is 29.3 Å². The number of halogens is 2. The predicted molar refractivity (Wildman–Crippen MR) is 85.5 cm³/mol. The van der Waals surface area contributed by atoms with E-state index in [1.165, 1.54) is 18.4 Å². The van der Waals surface area contributed by atoms with E-state index in [0.29, 0.717) is 12.0 Å². The molecule has 2 nitrogen and oxygen atoms in total. The molecule has 1 heterocycles. The van der Waals surface area contributed by atoms with E-state index < -0.39 is 0 Å². The standard InChI is InChI=1S/C15H22BrClN2/c1-15(2)6-3-7-19(10-15)14(9-18)11-4-5-13(17)12(16)8-11/h4-5,8,14H,3,6-7,9-10,18H2,1-2H3. The molecule has 4 heteroatoms. The summed E-state index contributed by atoms with van der Waals surface area (Å²) in [6, 6.07) is 6.42. The van der Waals surface area contributed by atoms with E-state index in [2.05, 4.69) is 46.8 Å². The second kappa shape index (κ2) is 6.13. The molecule has 0 aliphatic carbocycles. The molecule has 1 atom stereocenters. The zero-order valence-electron chi connectivity index (χ0n) is 11.6. The Kier molecular flexibility index (Phi) is 4.93. The predicted octanol–water partition coefficient (Wildman–Crippen LogP) is 4.22. The first-order chi connectivity index (χ1) is 8.93. The lowest BCUT2D eigenvalue weighted by molar-refractivity contribution is 0.0806. The van der Waals surface area contributed by atoms with Gasteiger partial charge in [-0.1, -0.05) is 31.5 Å². The lowest BCUT2D eigenvalue weighted by Gasteiger charge is -2.42. The third-order valence-corrected chi connectivity index (χ3v) is 5.14. The highest BCUT2D eigenvalue weighted by atomic mass is 79.9. The average Bonchev–Trinajstić information content (AvgIpc) is 2.33. The van der Waals surface area contributed by atoms with Crippen molar-refractivity contribution in [3.05, 3.63) is 33.3 Å². The summed E-state index contributed by atoms with van der Waals surface area (Å²) in [6.45, 7) is 7.56. The molecule has 0 spiro atoms. The van der Waals surface area contributed by atoms with Crippen LogP contribution in [0.25, 0.3) is 0 Å². The molecule has 106 valence electrons. The second-order valence-electron chi connectivity index (χ2n) is 6.16. The second-order valence-corrected chi connectivity index (χ2v) is 7.42. The van der Waals surface area contributed by atoms with Crippen LogP contribution in [-0.2, 0) is 0 Å². The number of rotatable bonds is 3. The lowest BCUT2D eigenvalue weighted by Crippen LogP contribution is -2.44. The first-order valence-electron chi connectivity index (χ1n) is 6.82. The maximum Gasteiger partial charge on any atom is 0.0548 e. The Morgan fingerprint density at radius 3 is 2.79 bits per heavy atom. The van der Waals surface area contributed by atoms with E-state index >= 15 is 0 Å². The maximum absolute atomic E-state index is 6.07. The Bertz CT molecular complexity index is 448. The number of piperidine rings is 1. The summed E-state index contributed by atoms with van der Waals surface area (Å²) in [5.41, 5.74) is 7.65. The zero-order valence-corrected chi connectivity index (χ0v) is 14.0. The summed E-state index contributed by atoms with van der Waals surface area (Å²) in [4.78, 5) is 2.51. The Morgan fingerprint density at radius 2 is 2.21 bits per heavy atom. The minimum atomic E-state index is 0.285. The molecule has 1 unspecified atom stereocenters. The summed E-state index contributed by atoms with van der Waals surface area (Å²) < 4.78 is 0.946. The molecule has 0 aromatic heterocycles. The van der Waals surface area contributed by atoms with Crippen LogP contribution in [0.2, 0.25) is 5.02 Å². The van der Waals surface area contributed by atoms with Crippen molar-refractivity contribution in [2.75, 3.05) is 19.6 Å². The molecule has 2 N–H and O–H groups in total. The van der Waals surface area contributed by atoms with Crippen molar-refractivity contribution in [2.45, 2.75) is 32.7 Å². The number of likely N-dealkylation sites (tertiary alicyclic amines) is 1. The van der Waals surface area contributed by atoms with Crippen LogP contribution < -0.4 is 5.73 Å². The van der Waals surface area contributed by atoms with Crippen LogP contribution in [0.5, 0.6) is 0 Å². The van der Waals surface area contributed by atoms with Crippen LogP contribution in [0.1, 0.15) is 38.3 Å². The van der Waals surface area contributed by atoms with E-state index in [4.69, 9.17) is 17.3 Å². The van der Waals surface area contributed by atoms with Gasteiger partial charge >= 0.3 is 0 Å². The largest absolute Gasteiger partial charge is 0.329 e. The minimum Gasteiger partial charge on any atom is -0.329 e. The highest BCUT2D eigenvalue weighted by molar-refractivity contribution is 9.10. The van der Waals surface area contributed by atoms with Crippen molar-refractivity contribution in [3.63, 3.8) is 0 Å². The van der Waals surface area contributed by atoms with Crippen molar-refractivity contribution in [1.82, 2.24) is 4.90 Å². The van der Waals surface area contributed by atoms with Gasteiger partial charge in [-0.2, -0.15) is 0 Å².